The highest BCUT2D eigenvalue weighted by Gasteiger charge is 2.30. The van der Waals surface area contributed by atoms with Crippen molar-refractivity contribution in [2.24, 2.45) is 0 Å². The summed E-state index contributed by atoms with van der Waals surface area (Å²) in [5, 5.41) is 0. The Labute approximate surface area is 125 Å². The van der Waals surface area contributed by atoms with E-state index in [0.29, 0.717) is 6.61 Å². The van der Waals surface area contributed by atoms with Gasteiger partial charge in [-0.05, 0) is 38.9 Å². The molecule has 0 radical (unpaired) electrons. The highest BCUT2D eigenvalue weighted by molar-refractivity contribution is 5.97. The summed E-state index contributed by atoms with van der Waals surface area (Å²) in [7, 11) is 1.75. The maximum absolute atomic E-state index is 12.5. The van der Waals surface area contributed by atoms with E-state index in [1.165, 1.54) is 5.56 Å². The molecule has 1 aliphatic heterocycles. The SMILES string of the molecule is CCOC(=O)CN(C)CC(=O)N1c2ccccc2CC1C. The molecule has 114 valence electrons. The van der Waals surface area contributed by atoms with Crippen LogP contribution in [0.4, 0.5) is 5.69 Å². The number of esters is 1. The third-order valence-corrected chi connectivity index (χ3v) is 3.59. The van der Waals surface area contributed by atoms with Crippen LogP contribution in [0.25, 0.3) is 0 Å². The lowest BCUT2D eigenvalue weighted by Gasteiger charge is -2.25. The summed E-state index contributed by atoms with van der Waals surface area (Å²) >= 11 is 0. The second-order valence-corrected chi connectivity index (χ2v) is 5.42. The van der Waals surface area contributed by atoms with Crippen molar-refractivity contribution in [2.45, 2.75) is 26.3 Å². The molecular weight excluding hydrogens is 268 g/mol. The normalized spacial score (nSPS) is 17.0. The minimum atomic E-state index is -0.303. The highest BCUT2D eigenvalue weighted by atomic mass is 16.5. The summed E-state index contributed by atoms with van der Waals surface area (Å²) in [6.07, 6.45) is 0.878. The fraction of sp³-hybridized carbons (Fsp3) is 0.500. The first-order valence-electron chi connectivity index (χ1n) is 7.27. The number of carbonyl (C=O) groups is 2. The molecule has 5 heteroatoms. The van der Waals surface area contributed by atoms with E-state index in [2.05, 4.69) is 6.07 Å². The van der Waals surface area contributed by atoms with E-state index in [-0.39, 0.29) is 31.0 Å². The number of carbonyl (C=O) groups excluding carboxylic acids is 2. The van der Waals surface area contributed by atoms with Crippen LogP contribution in [0.3, 0.4) is 0 Å². The van der Waals surface area contributed by atoms with Crippen LogP contribution in [0.2, 0.25) is 0 Å². The number of likely N-dealkylation sites (N-methyl/N-ethyl adjacent to an activating group) is 1. The Kier molecular flexibility index (Phi) is 4.96. The fourth-order valence-electron chi connectivity index (χ4n) is 2.74. The van der Waals surface area contributed by atoms with Crippen molar-refractivity contribution in [3.8, 4) is 0 Å². The van der Waals surface area contributed by atoms with Crippen LogP contribution < -0.4 is 4.90 Å². The third-order valence-electron chi connectivity index (χ3n) is 3.59. The molecule has 0 bridgehead atoms. The largest absolute Gasteiger partial charge is 0.465 e. The lowest BCUT2D eigenvalue weighted by atomic mass is 10.1. The lowest BCUT2D eigenvalue weighted by molar-refractivity contribution is -0.144. The van der Waals surface area contributed by atoms with Crippen LogP contribution in [0.5, 0.6) is 0 Å². The van der Waals surface area contributed by atoms with Crippen LogP contribution in [0.1, 0.15) is 19.4 Å². The Bertz CT molecular complexity index is 530. The molecule has 1 aliphatic rings. The van der Waals surface area contributed by atoms with Crippen LogP contribution in [0, 0.1) is 0 Å². The molecule has 2 rings (SSSR count). The number of anilines is 1. The zero-order valence-electron chi connectivity index (χ0n) is 12.8. The zero-order chi connectivity index (χ0) is 15.4. The molecule has 0 aromatic heterocycles. The summed E-state index contributed by atoms with van der Waals surface area (Å²) in [5.41, 5.74) is 2.19. The number of hydrogen-bond donors (Lipinski definition) is 0. The third kappa shape index (κ3) is 3.61. The smallest absolute Gasteiger partial charge is 0.320 e. The first-order valence-corrected chi connectivity index (χ1v) is 7.27. The van der Waals surface area contributed by atoms with Crippen LogP contribution in [0.15, 0.2) is 24.3 Å². The fourth-order valence-corrected chi connectivity index (χ4v) is 2.74. The summed E-state index contributed by atoms with van der Waals surface area (Å²) in [6, 6.07) is 8.13. The minimum Gasteiger partial charge on any atom is -0.465 e. The molecular formula is C16H22N2O3. The van der Waals surface area contributed by atoms with Crippen molar-refractivity contribution in [2.75, 3.05) is 31.6 Å². The number of para-hydroxylation sites is 1. The number of ether oxygens (including phenoxy) is 1. The monoisotopic (exact) mass is 290 g/mol. The standard InChI is InChI=1S/C16H22N2O3/c1-4-21-16(20)11-17(3)10-15(19)18-12(2)9-13-7-5-6-8-14(13)18/h5-8,12H,4,9-11H2,1-3H3. The van der Waals surface area contributed by atoms with E-state index >= 15 is 0 Å². The quantitative estimate of drug-likeness (QED) is 0.770. The maximum Gasteiger partial charge on any atom is 0.320 e. The number of benzene rings is 1. The van der Waals surface area contributed by atoms with Gasteiger partial charge < -0.3 is 9.64 Å². The molecule has 1 aromatic rings. The molecule has 1 aromatic carbocycles. The van der Waals surface area contributed by atoms with Gasteiger partial charge in [-0.25, -0.2) is 0 Å². The van der Waals surface area contributed by atoms with Crippen molar-refractivity contribution in [3.05, 3.63) is 29.8 Å². The van der Waals surface area contributed by atoms with Crippen molar-refractivity contribution in [1.82, 2.24) is 4.90 Å². The van der Waals surface area contributed by atoms with E-state index in [1.54, 1.807) is 18.9 Å². The van der Waals surface area contributed by atoms with Crippen LogP contribution >= 0.6 is 0 Å². The average Bonchev–Trinajstić information content (AvgIpc) is 2.74. The van der Waals surface area contributed by atoms with E-state index in [1.807, 2.05) is 30.0 Å². The Morgan fingerprint density at radius 2 is 2.05 bits per heavy atom. The summed E-state index contributed by atoms with van der Waals surface area (Å²) < 4.78 is 4.89. The van der Waals surface area contributed by atoms with E-state index in [0.717, 1.165) is 12.1 Å². The number of fused-ring (bicyclic) bond motifs is 1. The van der Waals surface area contributed by atoms with Gasteiger partial charge in [-0.3, -0.25) is 14.5 Å². The van der Waals surface area contributed by atoms with Gasteiger partial charge in [0.25, 0.3) is 0 Å². The van der Waals surface area contributed by atoms with Gasteiger partial charge in [-0.1, -0.05) is 18.2 Å². The van der Waals surface area contributed by atoms with Crippen molar-refractivity contribution < 1.29 is 14.3 Å². The number of hydrogen-bond acceptors (Lipinski definition) is 4. The first-order chi connectivity index (χ1) is 10.0. The van der Waals surface area contributed by atoms with E-state index in [4.69, 9.17) is 4.74 Å². The Morgan fingerprint density at radius 1 is 1.33 bits per heavy atom. The molecule has 0 saturated heterocycles. The summed E-state index contributed by atoms with van der Waals surface area (Å²) in [6.45, 7) is 4.51. The highest BCUT2D eigenvalue weighted by Crippen LogP contribution is 2.31. The van der Waals surface area contributed by atoms with Crippen LogP contribution in [-0.4, -0.2) is 49.6 Å². The second kappa shape index (κ2) is 6.72. The molecule has 0 saturated carbocycles. The molecule has 0 aliphatic carbocycles. The predicted molar refractivity (Wildman–Crippen MR) is 81.2 cm³/mol. The van der Waals surface area contributed by atoms with E-state index < -0.39 is 0 Å². The lowest BCUT2D eigenvalue weighted by Crippen LogP contribution is -2.43. The first kappa shape index (κ1) is 15.5. The van der Waals surface area contributed by atoms with Gasteiger partial charge in [-0.2, -0.15) is 0 Å². The predicted octanol–water partition coefficient (Wildman–Crippen LogP) is 1.46. The van der Waals surface area contributed by atoms with Gasteiger partial charge in [-0.15, -0.1) is 0 Å². The Morgan fingerprint density at radius 3 is 2.76 bits per heavy atom. The zero-order valence-corrected chi connectivity index (χ0v) is 12.8. The molecule has 5 nitrogen and oxygen atoms in total. The van der Waals surface area contributed by atoms with Gasteiger partial charge >= 0.3 is 5.97 Å². The van der Waals surface area contributed by atoms with Crippen molar-refractivity contribution >= 4 is 17.6 Å². The molecule has 1 heterocycles. The number of rotatable bonds is 5. The second-order valence-electron chi connectivity index (χ2n) is 5.42. The van der Waals surface area contributed by atoms with Gasteiger partial charge in [0.2, 0.25) is 5.91 Å². The molecule has 1 atom stereocenters. The molecule has 1 unspecified atom stereocenters. The maximum atomic E-state index is 12.5. The Balaban J connectivity index is 1.99. The molecule has 0 spiro atoms. The molecule has 1 amide bonds. The summed E-state index contributed by atoms with van der Waals surface area (Å²) in [5.74, 6) is -0.290. The molecule has 0 fully saturated rings. The topological polar surface area (TPSA) is 49.9 Å². The molecule has 0 N–H and O–H groups in total. The van der Waals surface area contributed by atoms with Crippen LogP contribution in [-0.2, 0) is 20.7 Å². The number of nitrogens with zero attached hydrogens (tertiary/aromatic N) is 2. The Hall–Kier alpha value is -1.88. The van der Waals surface area contributed by atoms with Crippen molar-refractivity contribution in [1.29, 1.82) is 0 Å². The number of amides is 1. The summed E-state index contributed by atoms with van der Waals surface area (Å²) in [4.78, 5) is 27.4. The van der Waals surface area contributed by atoms with Gasteiger partial charge in [0, 0.05) is 11.7 Å². The molecule has 21 heavy (non-hydrogen) atoms. The van der Waals surface area contributed by atoms with Gasteiger partial charge in [0.1, 0.15) is 0 Å². The van der Waals surface area contributed by atoms with Gasteiger partial charge in [0.05, 0.1) is 19.7 Å². The average molecular weight is 290 g/mol. The van der Waals surface area contributed by atoms with Crippen molar-refractivity contribution in [3.63, 3.8) is 0 Å². The van der Waals surface area contributed by atoms with Gasteiger partial charge in [0.15, 0.2) is 0 Å². The van der Waals surface area contributed by atoms with E-state index in [9.17, 15) is 9.59 Å². The minimum absolute atomic E-state index is 0.0132.